The Morgan fingerprint density at radius 3 is 2.71 bits per heavy atom. The third kappa shape index (κ3) is 3.96. The van der Waals surface area contributed by atoms with E-state index in [-0.39, 0.29) is 24.4 Å². The summed E-state index contributed by atoms with van der Waals surface area (Å²) in [6, 6.07) is 9.76. The molecular weight excluding hydrogens is 302 g/mol. The zero-order chi connectivity index (χ0) is 16.9. The Morgan fingerprint density at radius 2 is 2.00 bits per heavy atom. The average Bonchev–Trinajstić information content (AvgIpc) is 2.62. The molecule has 1 aromatic carbocycles. The lowest BCUT2D eigenvalue weighted by atomic mass is 9.97. The molecule has 2 aliphatic heterocycles. The molecule has 2 heterocycles. The summed E-state index contributed by atoms with van der Waals surface area (Å²) in [5, 5.41) is 3.38. The lowest BCUT2D eigenvalue weighted by molar-refractivity contribution is -0.155. The molecule has 5 heteroatoms. The molecule has 1 N–H and O–H groups in total. The average molecular weight is 329 g/mol. The van der Waals surface area contributed by atoms with Crippen LogP contribution in [0, 0.1) is 5.92 Å². The summed E-state index contributed by atoms with van der Waals surface area (Å²) >= 11 is 0. The van der Waals surface area contributed by atoms with E-state index in [9.17, 15) is 9.59 Å². The van der Waals surface area contributed by atoms with Gasteiger partial charge in [0.15, 0.2) is 0 Å². The lowest BCUT2D eigenvalue weighted by Crippen LogP contribution is -2.60. The second-order valence-electron chi connectivity index (χ2n) is 6.93. The predicted molar refractivity (Wildman–Crippen MR) is 93.5 cm³/mol. The van der Waals surface area contributed by atoms with Crippen LogP contribution in [0.5, 0.6) is 0 Å². The summed E-state index contributed by atoms with van der Waals surface area (Å²) in [6.07, 6.45) is 3.08. The number of rotatable bonds is 5. The number of amides is 2. The third-order valence-electron chi connectivity index (χ3n) is 5.15. The van der Waals surface area contributed by atoms with E-state index >= 15 is 0 Å². The molecule has 0 spiro atoms. The van der Waals surface area contributed by atoms with Crippen molar-refractivity contribution in [2.45, 2.75) is 32.2 Å². The lowest BCUT2D eigenvalue weighted by Gasteiger charge is -2.41. The molecule has 1 aromatic rings. The summed E-state index contributed by atoms with van der Waals surface area (Å²) in [4.78, 5) is 28.7. The maximum atomic E-state index is 12.7. The van der Waals surface area contributed by atoms with Crippen LogP contribution in [0.2, 0.25) is 0 Å². The largest absolute Gasteiger partial charge is 0.331 e. The van der Waals surface area contributed by atoms with Crippen LogP contribution in [0.4, 0.5) is 0 Å². The van der Waals surface area contributed by atoms with E-state index in [2.05, 4.69) is 17.4 Å². The summed E-state index contributed by atoms with van der Waals surface area (Å²) < 4.78 is 0. The normalized spacial score (nSPS) is 25.2. The monoisotopic (exact) mass is 329 g/mol. The van der Waals surface area contributed by atoms with Crippen molar-refractivity contribution in [3.8, 4) is 0 Å². The Balaban J connectivity index is 1.57. The van der Waals surface area contributed by atoms with Crippen molar-refractivity contribution < 1.29 is 9.59 Å². The maximum Gasteiger partial charge on any atom is 0.245 e. The highest BCUT2D eigenvalue weighted by Crippen LogP contribution is 2.18. The van der Waals surface area contributed by atoms with Gasteiger partial charge in [-0.3, -0.25) is 9.59 Å². The highest BCUT2D eigenvalue weighted by Gasteiger charge is 2.37. The molecule has 0 bridgehead atoms. The number of piperazine rings is 1. The zero-order valence-electron chi connectivity index (χ0n) is 14.4. The van der Waals surface area contributed by atoms with Crippen molar-refractivity contribution >= 4 is 11.8 Å². The second-order valence-corrected chi connectivity index (χ2v) is 6.93. The fraction of sp³-hybridized carbons (Fsp3) is 0.579. The first kappa shape index (κ1) is 17.0. The highest BCUT2D eigenvalue weighted by molar-refractivity contribution is 5.94. The molecule has 3 rings (SSSR count). The Bertz CT molecular complexity index is 569. The van der Waals surface area contributed by atoms with Gasteiger partial charge in [0.1, 0.15) is 6.04 Å². The number of benzene rings is 1. The van der Waals surface area contributed by atoms with E-state index in [0.717, 1.165) is 32.4 Å². The molecule has 2 amide bonds. The Kier molecular flexibility index (Phi) is 5.51. The minimum absolute atomic E-state index is 0.0781. The third-order valence-corrected chi connectivity index (χ3v) is 5.15. The molecule has 2 fully saturated rings. The Morgan fingerprint density at radius 1 is 1.21 bits per heavy atom. The van der Waals surface area contributed by atoms with E-state index in [1.165, 1.54) is 5.56 Å². The van der Waals surface area contributed by atoms with Crippen LogP contribution in [0.1, 0.15) is 25.3 Å². The zero-order valence-corrected chi connectivity index (χ0v) is 14.4. The standard InChI is InChI=1S/C19H27N3O2/c1-15-19(24)21(11-9-16-6-3-2-4-7-16)14-18(23)22(15)13-17-8-5-10-20-12-17/h2-4,6-7,15,17,20H,5,8-14H2,1H3/t15-,17+/m1/s1. The first-order chi connectivity index (χ1) is 11.6. The van der Waals surface area contributed by atoms with Crippen molar-refractivity contribution in [3.05, 3.63) is 35.9 Å². The van der Waals surface area contributed by atoms with Gasteiger partial charge in [-0.2, -0.15) is 0 Å². The molecule has 0 aliphatic carbocycles. The Hall–Kier alpha value is -1.88. The summed E-state index contributed by atoms with van der Waals surface area (Å²) in [6.45, 7) is 5.40. The highest BCUT2D eigenvalue weighted by atomic mass is 16.2. The Labute approximate surface area is 144 Å². The number of carbonyl (C=O) groups is 2. The van der Waals surface area contributed by atoms with Crippen molar-refractivity contribution in [2.24, 2.45) is 5.92 Å². The topological polar surface area (TPSA) is 52.7 Å². The van der Waals surface area contributed by atoms with E-state index in [1.807, 2.05) is 25.1 Å². The fourth-order valence-electron chi connectivity index (χ4n) is 3.66. The van der Waals surface area contributed by atoms with Gasteiger partial charge in [-0.25, -0.2) is 0 Å². The van der Waals surface area contributed by atoms with Gasteiger partial charge < -0.3 is 15.1 Å². The van der Waals surface area contributed by atoms with Crippen LogP contribution >= 0.6 is 0 Å². The van der Waals surface area contributed by atoms with E-state index < -0.39 is 0 Å². The fourth-order valence-corrected chi connectivity index (χ4v) is 3.66. The van der Waals surface area contributed by atoms with Gasteiger partial charge in [-0.05, 0) is 50.8 Å². The molecule has 0 radical (unpaired) electrons. The number of nitrogens with zero attached hydrogens (tertiary/aromatic N) is 2. The first-order valence-corrected chi connectivity index (χ1v) is 8.98. The van der Waals surface area contributed by atoms with Crippen LogP contribution < -0.4 is 5.32 Å². The number of carbonyl (C=O) groups excluding carboxylic acids is 2. The van der Waals surface area contributed by atoms with Crippen LogP contribution in [0.15, 0.2) is 30.3 Å². The van der Waals surface area contributed by atoms with Crippen LogP contribution in [-0.2, 0) is 16.0 Å². The molecule has 0 saturated carbocycles. The summed E-state index contributed by atoms with van der Waals surface area (Å²) in [7, 11) is 0. The molecule has 24 heavy (non-hydrogen) atoms. The number of nitrogens with one attached hydrogen (secondary N) is 1. The molecule has 2 saturated heterocycles. The predicted octanol–water partition coefficient (Wildman–Crippen LogP) is 1.29. The van der Waals surface area contributed by atoms with E-state index in [1.54, 1.807) is 9.80 Å². The van der Waals surface area contributed by atoms with Crippen molar-refractivity contribution in [1.82, 2.24) is 15.1 Å². The van der Waals surface area contributed by atoms with Crippen LogP contribution in [-0.4, -0.2) is 60.4 Å². The molecule has 0 unspecified atom stereocenters. The van der Waals surface area contributed by atoms with Gasteiger partial charge in [0.2, 0.25) is 11.8 Å². The summed E-state index contributed by atoms with van der Waals surface area (Å²) in [5.41, 5.74) is 1.20. The minimum atomic E-state index is -0.344. The van der Waals surface area contributed by atoms with E-state index in [0.29, 0.717) is 19.0 Å². The van der Waals surface area contributed by atoms with Crippen molar-refractivity contribution in [1.29, 1.82) is 0 Å². The van der Waals surface area contributed by atoms with Crippen molar-refractivity contribution in [2.75, 3.05) is 32.7 Å². The molecule has 2 aliphatic rings. The van der Waals surface area contributed by atoms with Gasteiger partial charge in [0.05, 0.1) is 6.54 Å². The smallest absolute Gasteiger partial charge is 0.245 e. The van der Waals surface area contributed by atoms with Crippen LogP contribution in [0.3, 0.4) is 0 Å². The quantitative estimate of drug-likeness (QED) is 0.886. The molecular formula is C19H27N3O2. The number of piperidine rings is 1. The van der Waals surface area contributed by atoms with Gasteiger partial charge >= 0.3 is 0 Å². The number of hydrogen-bond donors (Lipinski definition) is 1. The molecule has 5 nitrogen and oxygen atoms in total. The van der Waals surface area contributed by atoms with Gasteiger partial charge in [0.25, 0.3) is 0 Å². The molecule has 2 atom stereocenters. The van der Waals surface area contributed by atoms with Gasteiger partial charge in [-0.1, -0.05) is 30.3 Å². The van der Waals surface area contributed by atoms with E-state index in [4.69, 9.17) is 0 Å². The maximum absolute atomic E-state index is 12.7. The SMILES string of the molecule is C[C@@H]1C(=O)N(CCc2ccccc2)CC(=O)N1C[C@H]1CCCNC1. The van der Waals surface area contributed by atoms with Gasteiger partial charge in [0, 0.05) is 13.1 Å². The molecule has 130 valence electrons. The minimum Gasteiger partial charge on any atom is -0.331 e. The molecule has 0 aromatic heterocycles. The first-order valence-electron chi connectivity index (χ1n) is 8.98. The van der Waals surface area contributed by atoms with Crippen molar-refractivity contribution in [3.63, 3.8) is 0 Å². The number of hydrogen-bond acceptors (Lipinski definition) is 3. The van der Waals surface area contributed by atoms with Crippen LogP contribution in [0.25, 0.3) is 0 Å². The summed E-state index contributed by atoms with van der Waals surface area (Å²) in [5.74, 6) is 0.629. The second kappa shape index (κ2) is 7.79. The van der Waals surface area contributed by atoms with Gasteiger partial charge in [-0.15, -0.1) is 0 Å².